The van der Waals surface area contributed by atoms with Crippen LogP contribution in [0.3, 0.4) is 0 Å². The van der Waals surface area contributed by atoms with E-state index in [2.05, 4.69) is 17.3 Å². The molecule has 0 aromatic carbocycles. The summed E-state index contributed by atoms with van der Waals surface area (Å²) in [5.74, 6) is 2.00. The van der Waals surface area contributed by atoms with Crippen LogP contribution < -0.4 is 5.32 Å². The SMILES string of the molecule is CNCCC1CCN(CC2CCCCCC2)CC1. The van der Waals surface area contributed by atoms with Gasteiger partial charge in [0.15, 0.2) is 0 Å². The third-order valence-corrected chi connectivity index (χ3v) is 5.00. The Morgan fingerprint density at radius 3 is 2.17 bits per heavy atom. The van der Waals surface area contributed by atoms with Crippen LogP contribution in [0.4, 0.5) is 0 Å². The van der Waals surface area contributed by atoms with Gasteiger partial charge in [0, 0.05) is 6.54 Å². The highest BCUT2D eigenvalue weighted by molar-refractivity contribution is 4.76. The van der Waals surface area contributed by atoms with E-state index in [1.54, 1.807) is 0 Å². The summed E-state index contributed by atoms with van der Waals surface area (Å²) in [6.45, 7) is 5.34. The van der Waals surface area contributed by atoms with Gasteiger partial charge in [0.05, 0.1) is 0 Å². The third kappa shape index (κ3) is 4.89. The average Bonchev–Trinajstić information content (AvgIpc) is 2.67. The van der Waals surface area contributed by atoms with E-state index < -0.39 is 0 Å². The monoisotopic (exact) mass is 252 g/mol. The van der Waals surface area contributed by atoms with Gasteiger partial charge in [-0.05, 0) is 70.6 Å². The fourth-order valence-corrected chi connectivity index (χ4v) is 3.72. The molecule has 1 N–H and O–H groups in total. The zero-order chi connectivity index (χ0) is 12.6. The molecule has 0 aromatic rings. The molecule has 0 unspecified atom stereocenters. The van der Waals surface area contributed by atoms with Gasteiger partial charge in [-0.3, -0.25) is 0 Å². The van der Waals surface area contributed by atoms with Crippen LogP contribution in [-0.4, -0.2) is 38.1 Å². The Bertz CT molecular complexity index is 201. The highest BCUT2D eigenvalue weighted by Crippen LogP contribution is 2.26. The lowest BCUT2D eigenvalue weighted by Gasteiger charge is -2.34. The summed E-state index contributed by atoms with van der Waals surface area (Å²) in [5, 5.41) is 3.29. The van der Waals surface area contributed by atoms with E-state index in [1.807, 2.05) is 0 Å². The normalized spacial score (nSPS) is 25.2. The second-order valence-electron chi connectivity index (χ2n) is 6.49. The van der Waals surface area contributed by atoms with Crippen molar-refractivity contribution in [1.29, 1.82) is 0 Å². The van der Waals surface area contributed by atoms with E-state index in [4.69, 9.17) is 0 Å². The van der Waals surface area contributed by atoms with Gasteiger partial charge in [-0.1, -0.05) is 25.7 Å². The van der Waals surface area contributed by atoms with Gasteiger partial charge in [0.1, 0.15) is 0 Å². The quantitative estimate of drug-likeness (QED) is 0.755. The minimum Gasteiger partial charge on any atom is -0.320 e. The van der Waals surface area contributed by atoms with Crippen LogP contribution in [0.1, 0.15) is 57.8 Å². The maximum absolute atomic E-state index is 3.29. The Kier molecular flexibility index (Phi) is 6.50. The van der Waals surface area contributed by atoms with Crippen LogP contribution in [0.2, 0.25) is 0 Å². The molecule has 0 spiro atoms. The Morgan fingerprint density at radius 1 is 0.889 bits per heavy atom. The van der Waals surface area contributed by atoms with Gasteiger partial charge < -0.3 is 10.2 Å². The van der Waals surface area contributed by atoms with Crippen LogP contribution in [0.25, 0.3) is 0 Å². The number of hydrogen-bond acceptors (Lipinski definition) is 2. The van der Waals surface area contributed by atoms with Gasteiger partial charge in [0.25, 0.3) is 0 Å². The predicted octanol–water partition coefficient (Wildman–Crippen LogP) is 3.28. The number of likely N-dealkylation sites (tertiary alicyclic amines) is 1. The van der Waals surface area contributed by atoms with Crippen LogP contribution in [0, 0.1) is 11.8 Å². The van der Waals surface area contributed by atoms with Crippen molar-refractivity contribution in [3.8, 4) is 0 Å². The van der Waals surface area contributed by atoms with Gasteiger partial charge in [-0.15, -0.1) is 0 Å². The lowest BCUT2D eigenvalue weighted by molar-refractivity contribution is 0.151. The van der Waals surface area contributed by atoms with Crippen LogP contribution in [0.15, 0.2) is 0 Å². The van der Waals surface area contributed by atoms with Crippen LogP contribution in [-0.2, 0) is 0 Å². The Morgan fingerprint density at radius 2 is 1.56 bits per heavy atom. The maximum Gasteiger partial charge on any atom is 0.000966 e. The number of nitrogens with zero attached hydrogens (tertiary/aromatic N) is 1. The van der Waals surface area contributed by atoms with Crippen LogP contribution >= 0.6 is 0 Å². The molecule has 2 nitrogen and oxygen atoms in total. The molecule has 1 heterocycles. The number of nitrogens with one attached hydrogen (secondary N) is 1. The molecular weight excluding hydrogens is 220 g/mol. The Hall–Kier alpha value is -0.0800. The zero-order valence-electron chi connectivity index (χ0n) is 12.3. The molecule has 1 saturated heterocycles. The summed E-state index contributed by atoms with van der Waals surface area (Å²) < 4.78 is 0. The minimum atomic E-state index is 0.989. The lowest BCUT2D eigenvalue weighted by Crippen LogP contribution is -2.37. The fourth-order valence-electron chi connectivity index (χ4n) is 3.72. The maximum atomic E-state index is 3.29. The summed E-state index contributed by atoms with van der Waals surface area (Å²) in [4.78, 5) is 2.76. The van der Waals surface area contributed by atoms with E-state index in [1.165, 1.54) is 84.0 Å². The van der Waals surface area contributed by atoms with Crippen LogP contribution in [0.5, 0.6) is 0 Å². The first-order valence-corrected chi connectivity index (χ1v) is 8.25. The topological polar surface area (TPSA) is 15.3 Å². The highest BCUT2D eigenvalue weighted by atomic mass is 15.1. The fraction of sp³-hybridized carbons (Fsp3) is 1.00. The van der Waals surface area contributed by atoms with Gasteiger partial charge in [-0.25, -0.2) is 0 Å². The van der Waals surface area contributed by atoms with E-state index in [9.17, 15) is 0 Å². The second-order valence-corrected chi connectivity index (χ2v) is 6.49. The summed E-state index contributed by atoms with van der Waals surface area (Å²) in [6.07, 6.45) is 13.2. The molecule has 2 rings (SSSR count). The Balaban J connectivity index is 1.63. The molecule has 0 amide bonds. The van der Waals surface area contributed by atoms with Crippen molar-refractivity contribution >= 4 is 0 Å². The largest absolute Gasteiger partial charge is 0.320 e. The van der Waals surface area contributed by atoms with E-state index in [0.29, 0.717) is 0 Å². The molecule has 0 aromatic heterocycles. The average molecular weight is 252 g/mol. The molecule has 0 atom stereocenters. The van der Waals surface area contributed by atoms with E-state index >= 15 is 0 Å². The van der Waals surface area contributed by atoms with Gasteiger partial charge in [0.2, 0.25) is 0 Å². The lowest BCUT2D eigenvalue weighted by atomic mass is 9.92. The molecule has 1 aliphatic heterocycles. The standard InChI is InChI=1S/C16H32N2/c1-17-11-8-15-9-12-18(13-10-15)14-16-6-4-2-3-5-7-16/h15-17H,2-14H2,1H3. The molecule has 2 aliphatic rings. The molecule has 2 fully saturated rings. The van der Waals surface area contributed by atoms with E-state index in [0.717, 1.165) is 11.8 Å². The summed E-state index contributed by atoms with van der Waals surface area (Å²) in [5.41, 5.74) is 0. The minimum absolute atomic E-state index is 0.989. The smallest absolute Gasteiger partial charge is 0.000966 e. The molecule has 0 bridgehead atoms. The number of hydrogen-bond donors (Lipinski definition) is 1. The van der Waals surface area contributed by atoms with Crippen molar-refractivity contribution < 1.29 is 0 Å². The molecule has 1 saturated carbocycles. The van der Waals surface area contributed by atoms with Gasteiger partial charge in [-0.2, -0.15) is 0 Å². The molecule has 18 heavy (non-hydrogen) atoms. The predicted molar refractivity (Wildman–Crippen MR) is 78.9 cm³/mol. The van der Waals surface area contributed by atoms with Crippen molar-refractivity contribution in [1.82, 2.24) is 10.2 Å². The molecule has 0 radical (unpaired) electrons. The zero-order valence-corrected chi connectivity index (χ0v) is 12.3. The number of piperidine rings is 1. The van der Waals surface area contributed by atoms with E-state index in [-0.39, 0.29) is 0 Å². The van der Waals surface area contributed by atoms with Gasteiger partial charge >= 0.3 is 0 Å². The molecular formula is C16H32N2. The molecule has 106 valence electrons. The highest BCUT2D eigenvalue weighted by Gasteiger charge is 2.21. The van der Waals surface area contributed by atoms with Crippen molar-refractivity contribution in [2.45, 2.75) is 57.8 Å². The van der Waals surface area contributed by atoms with Crippen molar-refractivity contribution in [3.05, 3.63) is 0 Å². The summed E-state index contributed by atoms with van der Waals surface area (Å²) >= 11 is 0. The van der Waals surface area contributed by atoms with Crippen molar-refractivity contribution in [3.63, 3.8) is 0 Å². The summed E-state index contributed by atoms with van der Waals surface area (Å²) in [6, 6.07) is 0. The first-order chi connectivity index (χ1) is 8.88. The van der Waals surface area contributed by atoms with Crippen molar-refractivity contribution in [2.24, 2.45) is 11.8 Å². The third-order valence-electron chi connectivity index (χ3n) is 5.00. The first-order valence-electron chi connectivity index (χ1n) is 8.25. The first kappa shape index (κ1) is 14.3. The van der Waals surface area contributed by atoms with Crippen molar-refractivity contribution in [2.75, 3.05) is 33.2 Å². The molecule has 1 aliphatic carbocycles. The summed E-state index contributed by atoms with van der Waals surface area (Å²) in [7, 11) is 2.07. The number of rotatable bonds is 5. The molecule has 2 heteroatoms. The second kappa shape index (κ2) is 8.16. The Labute approximate surface area is 114 Å².